The van der Waals surface area contributed by atoms with Gasteiger partial charge in [-0.1, -0.05) is 36.4 Å². The number of aliphatic hydroxyl groups excluding tert-OH is 2. The summed E-state index contributed by atoms with van der Waals surface area (Å²) in [4.78, 5) is 26.6. The van der Waals surface area contributed by atoms with Gasteiger partial charge in [0.25, 0.3) is 5.91 Å². The number of benzene rings is 2. The van der Waals surface area contributed by atoms with Crippen molar-refractivity contribution in [1.29, 1.82) is 0 Å². The molecule has 0 aliphatic carbocycles. The Morgan fingerprint density at radius 3 is 2.45 bits per heavy atom. The monoisotopic (exact) mass is 461 g/mol. The molecule has 1 amide bonds. The van der Waals surface area contributed by atoms with Gasteiger partial charge in [0.05, 0.1) is 35.1 Å². The molecule has 0 unspecified atom stereocenters. The molecule has 2 N–H and O–H groups in total. The summed E-state index contributed by atoms with van der Waals surface area (Å²) in [6, 6.07) is 18.3. The van der Waals surface area contributed by atoms with Crippen LogP contribution in [0.2, 0.25) is 0 Å². The number of hydrogen-bond donors (Lipinski definition) is 2. The summed E-state index contributed by atoms with van der Waals surface area (Å²) in [6.07, 6.45) is 1.90. The summed E-state index contributed by atoms with van der Waals surface area (Å²) in [7, 11) is 0. The molecule has 0 atom stereocenters. The zero-order valence-corrected chi connectivity index (χ0v) is 18.3. The molecule has 0 saturated carbocycles. The molecule has 0 saturated heterocycles. The van der Waals surface area contributed by atoms with Crippen LogP contribution in [-0.2, 0) is 13.0 Å². The average molecular weight is 462 g/mol. The number of nitrogens with zero attached hydrogens (tertiary/aromatic N) is 3. The Balaban J connectivity index is 1.69. The van der Waals surface area contributed by atoms with E-state index in [0.717, 1.165) is 5.56 Å². The minimum absolute atomic E-state index is 0.256. The molecule has 2 aromatic carbocycles. The normalized spacial score (nSPS) is 11.5. The van der Waals surface area contributed by atoms with E-state index in [1.165, 1.54) is 23.5 Å². The average Bonchev–Trinajstić information content (AvgIpc) is 3.29. The third-order valence-corrected chi connectivity index (χ3v) is 6.07. The second-order valence-electron chi connectivity index (χ2n) is 7.14. The van der Waals surface area contributed by atoms with E-state index in [1.807, 2.05) is 6.07 Å². The molecule has 8 heteroatoms. The zero-order chi connectivity index (χ0) is 23.2. The Morgan fingerprint density at radius 2 is 1.76 bits per heavy atom. The first-order valence-electron chi connectivity index (χ1n) is 10.2. The van der Waals surface area contributed by atoms with E-state index >= 15 is 0 Å². The van der Waals surface area contributed by atoms with Gasteiger partial charge in [-0.3, -0.25) is 9.78 Å². The molecule has 0 aliphatic heterocycles. The Hall–Kier alpha value is -3.59. The van der Waals surface area contributed by atoms with Crippen LogP contribution in [0, 0.1) is 5.82 Å². The first-order chi connectivity index (χ1) is 16.1. The van der Waals surface area contributed by atoms with E-state index < -0.39 is 5.91 Å². The van der Waals surface area contributed by atoms with Crippen LogP contribution in [0.4, 0.5) is 4.39 Å². The molecule has 0 spiro atoms. The SMILES string of the molecule is O=C(/N=C(\CO)Cc1ccccn1)c1ccccc1-c1nc(CO)c(-c2ccc(F)cc2)s1. The van der Waals surface area contributed by atoms with E-state index in [0.29, 0.717) is 38.1 Å². The van der Waals surface area contributed by atoms with Crippen molar-refractivity contribution in [2.45, 2.75) is 13.0 Å². The van der Waals surface area contributed by atoms with Gasteiger partial charge in [0.1, 0.15) is 10.8 Å². The number of carbonyl (C=O) groups is 1. The number of halogens is 1. The van der Waals surface area contributed by atoms with Crippen LogP contribution in [0.3, 0.4) is 0 Å². The molecular weight excluding hydrogens is 441 g/mol. The van der Waals surface area contributed by atoms with E-state index in [1.54, 1.807) is 54.7 Å². The number of thiazole rings is 1. The van der Waals surface area contributed by atoms with Crippen LogP contribution in [0.15, 0.2) is 77.9 Å². The highest BCUT2D eigenvalue weighted by molar-refractivity contribution is 7.18. The van der Waals surface area contributed by atoms with Gasteiger partial charge in [0.15, 0.2) is 0 Å². The number of amides is 1. The van der Waals surface area contributed by atoms with Crippen LogP contribution in [0.25, 0.3) is 21.0 Å². The summed E-state index contributed by atoms with van der Waals surface area (Å²) in [6.45, 7) is -0.665. The first kappa shape index (κ1) is 22.6. The van der Waals surface area contributed by atoms with E-state index in [9.17, 15) is 19.4 Å². The van der Waals surface area contributed by atoms with Crippen LogP contribution in [0.5, 0.6) is 0 Å². The van der Waals surface area contributed by atoms with Crippen LogP contribution in [-0.4, -0.2) is 38.4 Å². The third kappa shape index (κ3) is 5.25. The number of carbonyl (C=O) groups excluding carboxylic acids is 1. The summed E-state index contributed by atoms with van der Waals surface area (Å²) < 4.78 is 13.3. The third-order valence-electron chi connectivity index (χ3n) is 4.89. The van der Waals surface area contributed by atoms with Crippen LogP contribution in [0.1, 0.15) is 21.7 Å². The van der Waals surface area contributed by atoms with Crippen molar-refractivity contribution in [3.63, 3.8) is 0 Å². The van der Waals surface area contributed by atoms with Gasteiger partial charge < -0.3 is 10.2 Å². The Bertz CT molecular complexity index is 1290. The predicted molar refractivity (Wildman–Crippen MR) is 126 cm³/mol. The minimum Gasteiger partial charge on any atom is -0.390 e. The Labute approximate surface area is 193 Å². The molecule has 33 heavy (non-hydrogen) atoms. The number of pyridine rings is 1. The van der Waals surface area contributed by atoms with Crippen molar-refractivity contribution in [3.05, 3.63) is 95.7 Å². The minimum atomic E-state index is -0.505. The number of aliphatic hydroxyl groups is 2. The van der Waals surface area contributed by atoms with E-state index in [-0.39, 0.29) is 25.5 Å². The molecule has 0 bridgehead atoms. The second kappa shape index (κ2) is 10.4. The highest BCUT2D eigenvalue weighted by Gasteiger charge is 2.19. The maximum absolute atomic E-state index is 13.3. The fourth-order valence-electron chi connectivity index (χ4n) is 3.30. The highest BCUT2D eigenvalue weighted by atomic mass is 32.1. The molecule has 4 aromatic rings. The van der Waals surface area contributed by atoms with Gasteiger partial charge in [-0.15, -0.1) is 11.3 Å². The molecule has 166 valence electrons. The topological polar surface area (TPSA) is 95.7 Å². The van der Waals surface area contributed by atoms with Crippen molar-refractivity contribution in [3.8, 4) is 21.0 Å². The van der Waals surface area contributed by atoms with Crippen molar-refractivity contribution in [2.75, 3.05) is 6.61 Å². The van der Waals surface area contributed by atoms with Crippen molar-refractivity contribution in [1.82, 2.24) is 9.97 Å². The maximum atomic E-state index is 13.3. The lowest BCUT2D eigenvalue weighted by molar-refractivity contribution is 0.100. The fourth-order valence-corrected chi connectivity index (χ4v) is 4.42. The molecule has 2 aromatic heterocycles. The quantitative estimate of drug-likeness (QED) is 0.400. The van der Waals surface area contributed by atoms with Gasteiger partial charge >= 0.3 is 0 Å². The lowest BCUT2D eigenvalue weighted by Gasteiger charge is -2.06. The standard InChI is InChI=1S/C25H20FN3O3S/c26-17-10-8-16(9-11-17)23-22(15-31)29-25(33-23)21-7-2-1-6-20(21)24(32)28-19(14-30)13-18-5-3-4-12-27-18/h1-12,30-31H,13-15H2/b28-19-. The lowest BCUT2D eigenvalue weighted by Crippen LogP contribution is -2.13. The van der Waals surface area contributed by atoms with Gasteiger partial charge in [-0.25, -0.2) is 14.4 Å². The van der Waals surface area contributed by atoms with E-state index in [2.05, 4.69) is 15.0 Å². The smallest absolute Gasteiger partial charge is 0.277 e. The van der Waals surface area contributed by atoms with Crippen molar-refractivity contribution in [2.24, 2.45) is 4.99 Å². The molecule has 0 fully saturated rings. The zero-order valence-electron chi connectivity index (χ0n) is 17.5. The maximum Gasteiger partial charge on any atom is 0.277 e. The summed E-state index contributed by atoms with van der Waals surface area (Å²) in [5.41, 5.74) is 3.06. The Morgan fingerprint density at radius 1 is 1.00 bits per heavy atom. The largest absolute Gasteiger partial charge is 0.390 e. The molecule has 0 aliphatic rings. The molecule has 4 rings (SSSR count). The number of aliphatic imine (C=N–C) groups is 1. The van der Waals surface area contributed by atoms with Gasteiger partial charge in [0.2, 0.25) is 0 Å². The molecule has 0 radical (unpaired) electrons. The molecular formula is C25H20FN3O3S. The van der Waals surface area contributed by atoms with Crippen LogP contribution < -0.4 is 0 Å². The summed E-state index contributed by atoms with van der Waals surface area (Å²) in [5, 5.41) is 20.1. The summed E-state index contributed by atoms with van der Waals surface area (Å²) >= 11 is 1.30. The van der Waals surface area contributed by atoms with Gasteiger partial charge in [-0.05, 0) is 35.9 Å². The van der Waals surface area contributed by atoms with Crippen molar-refractivity contribution >= 4 is 23.0 Å². The predicted octanol–water partition coefficient (Wildman–Crippen LogP) is 4.32. The Kier molecular flexibility index (Phi) is 7.09. The summed E-state index contributed by atoms with van der Waals surface area (Å²) in [5.74, 6) is -0.858. The van der Waals surface area contributed by atoms with Gasteiger partial charge in [-0.2, -0.15) is 0 Å². The van der Waals surface area contributed by atoms with Gasteiger partial charge in [0, 0.05) is 23.9 Å². The lowest BCUT2D eigenvalue weighted by atomic mass is 10.1. The van der Waals surface area contributed by atoms with E-state index in [4.69, 9.17) is 0 Å². The number of rotatable bonds is 7. The number of aromatic nitrogens is 2. The molecule has 6 nitrogen and oxygen atoms in total. The van der Waals surface area contributed by atoms with Crippen LogP contribution >= 0.6 is 11.3 Å². The first-order valence-corrected chi connectivity index (χ1v) is 11.0. The van der Waals surface area contributed by atoms with Crippen molar-refractivity contribution < 1.29 is 19.4 Å². The molecule has 2 heterocycles. The highest BCUT2D eigenvalue weighted by Crippen LogP contribution is 2.37. The number of hydrogen-bond acceptors (Lipinski definition) is 6. The second-order valence-corrected chi connectivity index (χ2v) is 8.14. The fraction of sp³-hybridized carbons (Fsp3) is 0.120.